The molecule has 0 spiro atoms. The second-order valence-corrected chi connectivity index (χ2v) is 4.19. The fourth-order valence-electron chi connectivity index (χ4n) is 1.82. The van der Waals surface area contributed by atoms with Crippen LogP contribution in [0, 0.1) is 0 Å². The van der Waals surface area contributed by atoms with E-state index in [0.717, 1.165) is 5.56 Å². The van der Waals surface area contributed by atoms with E-state index in [1.54, 1.807) is 0 Å². The number of quaternary nitrogens is 1. The van der Waals surface area contributed by atoms with Crippen molar-refractivity contribution in [1.82, 2.24) is 0 Å². The summed E-state index contributed by atoms with van der Waals surface area (Å²) in [7, 11) is 1.91. The molecule has 1 aromatic carbocycles. The van der Waals surface area contributed by atoms with Crippen LogP contribution < -0.4 is 12.4 Å². The van der Waals surface area contributed by atoms with Gasteiger partial charge in [-0.05, 0) is 13.0 Å². The Morgan fingerprint density at radius 2 is 2.00 bits per heavy atom. The Hall–Kier alpha value is -1.16. The van der Waals surface area contributed by atoms with Gasteiger partial charge in [0.15, 0.2) is 6.54 Å². The number of hydrogen-bond acceptors (Lipinski definition) is 2. The van der Waals surface area contributed by atoms with Gasteiger partial charge in [-0.2, -0.15) is 4.65 Å². The van der Waals surface area contributed by atoms with E-state index >= 15 is 0 Å². The molecule has 4 heteroatoms. The van der Waals surface area contributed by atoms with Gasteiger partial charge >= 0.3 is 0 Å². The molecule has 3 nitrogen and oxygen atoms in total. The molecule has 1 rings (SSSR count). The van der Waals surface area contributed by atoms with Gasteiger partial charge in [0.2, 0.25) is 5.78 Å². The number of carbonyl (C=O) groups is 1. The molecule has 0 radical (unpaired) electrons. The Labute approximate surface area is 115 Å². The number of hydrogen-bond donors (Lipinski definition) is 0. The lowest BCUT2D eigenvalue weighted by Crippen LogP contribution is -3.00. The number of hydroxylamine groups is 3. The summed E-state index contributed by atoms with van der Waals surface area (Å²) >= 11 is 0. The Morgan fingerprint density at radius 3 is 2.50 bits per heavy atom. The molecule has 1 atom stereocenters. The zero-order chi connectivity index (χ0) is 12.7. The van der Waals surface area contributed by atoms with Crippen molar-refractivity contribution in [2.45, 2.75) is 13.5 Å². The minimum Gasteiger partial charge on any atom is -1.00 e. The van der Waals surface area contributed by atoms with Gasteiger partial charge < -0.3 is 12.4 Å². The third-order valence-corrected chi connectivity index (χ3v) is 2.52. The van der Waals surface area contributed by atoms with Gasteiger partial charge in [0.1, 0.15) is 13.2 Å². The largest absolute Gasteiger partial charge is 1.00 e. The molecule has 0 amide bonds. The second-order valence-electron chi connectivity index (χ2n) is 4.19. The van der Waals surface area contributed by atoms with Crippen LogP contribution in [0.4, 0.5) is 0 Å². The highest BCUT2D eigenvalue weighted by Gasteiger charge is 2.26. The number of rotatable bonds is 7. The highest BCUT2D eigenvalue weighted by Crippen LogP contribution is 2.13. The van der Waals surface area contributed by atoms with Gasteiger partial charge in [-0.15, -0.1) is 0 Å². The van der Waals surface area contributed by atoms with Crippen molar-refractivity contribution < 1.29 is 26.7 Å². The van der Waals surface area contributed by atoms with E-state index in [4.69, 9.17) is 4.84 Å². The minimum atomic E-state index is -0.00289. The van der Waals surface area contributed by atoms with Crippen LogP contribution in [0.2, 0.25) is 0 Å². The highest BCUT2D eigenvalue weighted by molar-refractivity contribution is 5.90. The molecule has 18 heavy (non-hydrogen) atoms. The minimum absolute atomic E-state index is 0. The average molecular weight is 270 g/mol. The standard InChI is InChI=1S/C14H20NO2.ClH/c1-4-14(16)12-15(3,17-5-2)11-13-9-7-6-8-10-13;/h4,6-10H,1,5,11-12H2,2-3H3;1H/q+1;/p-1. The number of halogens is 1. The first-order valence-electron chi connectivity index (χ1n) is 5.78. The van der Waals surface area contributed by atoms with Gasteiger partial charge in [-0.3, -0.25) is 4.79 Å². The van der Waals surface area contributed by atoms with Crippen molar-refractivity contribution >= 4 is 5.78 Å². The third-order valence-electron chi connectivity index (χ3n) is 2.52. The maximum Gasteiger partial charge on any atom is 0.212 e. The van der Waals surface area contributed by atoms with Crippen LogP contribution in [0.5, 0.6) is 0 Å². The summed E-state index contributed by atoms with van der Waals surface area (Å²) in [6.45, 7) is 6.99. The van der Waals surface area contributed by atoms with Crippen LogP contribution in [0.25, 0.3) is 0 Å². The van der Waals surface area contributed by atoms with Crippen LogP contribution in [0.1, 0.15) is 12.5 Å². The van der Waals surface area contributed by atoms with Crippen molar-refractivity contribution in [3.8, 4) is 0 Å². The maximum absolute atomic E-state index is 11.5. The zero-order valence-corrected chi connectivity index (χ0v) is 11.7. The molecule has 1 unspecified atom stereocenters. The quantitative estimate of drug-likeness (QED) is 0.373. The van der Waals surface area contributed by atoms with E-state index in [9.17, 15) is 4.79 Å². The first kappa shape index (κ1) is 16.8. The van der Waals surface area contributed by atoms with Gasteiger partial charge in [0.05, 0.1) is 7.05 Å². The number of carbonyl (C=O) groups excluding carboxylic acids is 1. The van der Waals surface area contributed by atoms with Gasteiger partial charge in [-0.1, -0.05) is 36.9 Å². The summed E-state index contributed by atoms with van der Waals surface area (Å²) < 4.78 is 0.255. The predicted molar refractivity (Wildman–Crippen MR) is 68.0 cm³/mol. The van der Waals surface area contributed by atoms with E-state index in [1.807, 2.05) is 44.3 Å². The average Bonchev–Trinajstić information content (AvgIpc) is 2.30. The van der Waals surface area contributed by atoms with E-state index < -0.39 is 0 Å². The fourth-order valence-corrected chi connectivity index (χ4v) is 1.82. The summed E-state index contributed by atoms with van der Waals surface area (Å²) in [6.07, 6.45) is 1.35. The number of nitrogens with zero attached hydrogens (tertiary/aromatic N) is 1. The number of benzene rings is 1. The third kappa shape index (κ3) is 5.45. The first-order chi connectivity index (χ1) is 8.09. The van der Waals surface area contributed by atoms with Crippen LogP contribution in [0.3, 0.4) is 0 Å². The molecule has 0 heterocycles. The Bertz CT molecular complexity index is 381. The van der Waals surface area contributed by atoms with Gasteiger partial charge in [-0.25, -0.2) is 4.84 Å². The van der Waals surface area contributed by atoms with Crippen molar-refractivity contribution in [1.29, 1.82) is 0 Å². The molecule has 0 saturated carbocycles. The molecule has 0 fully saturated rings. The lowest BCUT2D eigenvalue weighted by Gasteiger charge is -2.30. The summed E-state index contributed by atoms with van der Waals surface area (Å²) in [6, 6.07) is 10.0. The maximum atomic E-state index is 11.5. The first-order valence-corrected chi connectivity index (χ1v) is 5.78. The van der Waals surface area contributed by atoms with E-state index in [2.05, 4.69) is 6.58 Å². The van der Waals surface area contributed by atoms with Crippen molar-refractivity contribution in [2.24, 2.45) is 0 Å². The van der Waals surface area contributed by atoms with Gasteiger partial charge in [0, 0.05) is 5.56 Å². The lowest BCUT2D eigenvalue weighted by molar-refractivity contribution is -1.10. The zero-order valence-electron chi connectivity index (χ0n) is 10.9. The molecule has 100 valence electrons. The van der Waals surface area contributed by atoms with E-state index in [-0.39, 0.29) is 22.8 Å². The highest BCUT2D eigenvalue weighted by atomic mass is 35.5. The van der Waals surface area contributed by atoms with Gasteiger partial charge in [0.25, 0.3) is 0 Å². The molecule has 0 aliphatic carbocycles. The fraction of sp³-hybridized carbons (Fsp3) is 0.357. The number of ketones is 1. The summed E-state index contributed by atoms with van der Waals surface area (Å²) in [5.41, 5.74) is 1.15. The Balaban J connectivity index is 0.00000289. The molecule has 0 aliphatic heterocycles. The monoisotopic (exact) mass is 269 g/mol. The summed E-state index contributed by atoms with van der Waals surface area (Å²) in [5, 5.41) is 0. The van der Waals surface area contributed by atoms with Crippen LogP contribution in [-0.4, -0.2) is 30.6 Å². The molecule has 1 aromatic rings. The normalized spacial score (nSPS) is 13.2. The smallest absolute Gasteiger partial charge is 0.212 e. The topological polar surface area (TPSA) is 26.3 Å². The molecule has 0 aliphatic rings. The molecule has 0 bridgehead atoms. The molecule has 0 aromatic heterocycles. The van der Waals surface area contributed by atoms with E-state index in [1.165, 1.54) is 6.08 Å². The lowest BCUT2D eigenvalue weighted by atomic mass is 10.2. The van der Waals surface area contributed by atoms with E-state index in [0.29, 0.717) is 19.7 Å². The van der Waals surface area contributed by atoms with Crippen molar-refractivity contribution in [3.05, 3.63) is 48.6 Å². The number of likely N-dealkylation sites (N-methyl/N-ethyl adjacent to an activating group) is 1. The Morgan fingerprint density at radius 1 is 1.39 bits per heavy atom. The van der Waals surface area contributed by atoms with Crippen LogP contribution >= 0.6 is 0 Å². The van der Waals surface area contributed by atoms with Crippen molar-refractivity contribution in [2.75, 3.05) is 20.2 Å². The predicted octanol–water partition coefficient (Wildman–Crippen LogP) is -0.656. The summed E-state index contributed by atoms with van der Waals surface area (Å²) in [4.78, 5) is 17.2. The van der Waals surface area contributed by atoms with Crippen LogP contribution in [0.15, 0.2) is 43.0 Å². The molecule has 0 saturated heterocycles. The molecular formula is C14H20ClNO2. The van der Waals surface area contributed by atoms with Crippen molar-refractivity contribution in [3.63, 3.8) is 0 Å². The summed E-state index contributed by atoms with van der Waals surface area (Å²) in [5.74, 6) is -0.00289. The van der Waals surface area contributed by atoms with Crippen LogP contribution in [-0.2, 0) is 16.2 Å². The molecule has 0 N–H and O–H groups in total. The second kappa shape index (κ2) is 8.03. The SMILES string of the molecule is C=CC(=O)C[N+](C)(Cc1ccccc1)OCC.[Cl-]. The molecular weight excluding hydrogens is 250 g/mol. The Kier molecular flexibility index (Phi) is 7.51.